The largest absolute Gasteiger partial charge is 0.489 e. The number of hydrogen-bond acceptors (Lipinski definition) is 12. The molecule has 2 aliphatic rings. The number of nitrogen functional groups attached to an aromatic ring is 1. The van der Waals surface area contributed by atoms with E-state index < -0.39 is 9.85 Å². The number of ether oxygens (including phenoxy) is 1. The van der Waals surface area contributed by atoms with Crippen LogP contribution in [-0.2, 0) is 0 Å². The molecule has 5 rings (SSSR count). The molecular weight excluding hydrogens is 434 g/mol. The molecule has 0 aliphatic carbocycles. The number of hydrogen-bond donors (Lipinski definition) is 4. The fraction of sp³-hybridized carbons (Fsp3) is 0.211. The van der Waals surface area contributed by atoms with Crippen LogP contribution in [0.3, 0.4) is 0 Å². The van der Waals surface area contributed by atoms with Gasteiger partial charge in [0, 0.05) is 43.9 Å². The minimum absolute atomic E-state index is 0.0956. The van der Waals surface area contributed by atoms with Gasteiger partial charge in [-0.25, -0.2) is 0 Å². The molecule has 0 unspecified atom stereocenters. The summed E-state index contributed by atoms with van der Waals surface area (Å²) in [6.45, 7) is 2.84. The molecule has 0 saturated carbocycles. The molecule has 3 heterocycles. The van der Waals surface area contributed by atoms with E-state index in [2.05, 4.69) is 31.4 Å². The summed E-state index contributed by atoms with van der Waals surface area (Å²) in [5, 5.41) is 40.4. The maximum absolute atomic E-state index is 10.6. The summed E-state index contributed by atoms with van der Waals surface area (Å²) in [4.78, 5) is 20.1. The second-order valence-electron chi connectivity index (χ2n) is 6.59. The molecule has 33 heavy (non-hydrogen) atoms. The predicted molar refractivity (Wildman–Crippen MR) is 121 cm³/mol. The lowest BCUT2D eigenvalue weighted by Crippen LogP contribution is -2.20. The van der Waals surface area contributed by atoms with Crippen molar-refractivity contribution in [1.82, 2.24) is 15.4 Å². The second-order valence-corrected chi connectivity index (χ2v) is 6.59. The van der Waals surface area contributed by atoms with Gasteiger partial charge in [0.1, 0.15) is 18.0 Å². The topological polar surface area (TPSA) is 196 Å². The van der Waals surface area contributed by atoms with Gasteiger partial charge >= 0.3 is 0 Å². The SMILES string of the molecule is Nc1cc2c(cc1[N+](=O)[O-])NCCO2.O=[N+]([O-])c1ccc2c(c1)NCCN2.c1cnnnc1. The Morgan fingerprint density at radius 2 is 1.58 bits per heavy atom. The third kappa shape index (κ3) is 6.36. The van der Waals surface area contributed by atoms with E-state index >= 15 is 0 Å². The molecule has 14 nitrogen and oxygen atoms in total. The van der Waals surface area contributed by atoms with Crippen molar-refractivity contribution in [2.24, 2.45) is 0 Å². The highest BCUT2D eigenvalue weighted by Gasteiger charge is 2.18. The number of fused-ring (bicyclic) bond motifs is 2. The molecule has 1 aromatic heterocycles. The fourth-order valence-electron chi connectivity index (χ4n) is 2.89. The summed E-state index contributed by atoms with van der Waals surface area (Å²) in [5.74, 6) is 0.569. The highest BCUT2D eigenvalue weighted by atomic mass is 16.6. The summed E-state index contributed by atoms with van der Waals surface area (Å²) < 4.78 is 5.27. The highest BCUT2D eigenvalue weighted by Crippen LogP contribution is 2.35. The first kappa shape index (κ1) is 22.9. The van der Waals surface area contributed by atoms with Crippen molar-refractivity contribution >= 4 is 34.1 Å². The smallest absolute Gasteiger partial charge is 0.294 e. The van der Waals surface area contributed by atoms with Crippen LogP contribution in [0.25, 0.3) is 0 Å². The van der Waals surface area contributed by atoms with Crippen LogP contribution in [0.15, 0.2) is 48.8 Å². The first-order valence-corrected chi connectivity index (χ1v) is 9.75. The molecule has 2 aromatic carbocycles. The molecule has 5 N–H and O–H groups in total. The third-order valence-corrected chi connectivity index (χ3v) is 4.38. The number of rotatable bonds is 2. The zero-order valence-electron chi connectivity index (χ0n) is 17.3. The number of non-ortho nitro benzene ring substituents is 1. The third-order valence-electron chi connectivity index (χ3n) is 4.38. The normalized spacial score (nSPS) is 12.7. The number of benzene rings is 2. The number of nitrogens with two attached hydrogens (primary N) is 1. The van der Waals surface area contributed by atoms with Crippen molar-refractivity contribution in [2.45, 2.75) is 0 Å². The summed E-state index contributed by atoms with van der Waals surface area (Å²) in [6, 6.07) is 9.34. The van der Waals surface area contributed by atoms with Gasteiger partial charge in [-0.2, -0.15) is 0 Å². The van der Waals surface area contributed by atoms with Crippen molar-refractivity contribution in [3.8, 4) is 5.75 Å². The predicted octanol–water partition coefficient (Wildman–Crippen LogP) is 2.29. The van der Waals surface area contributed by atoms with Gasteiger partial charge in [-0.15, -0.1) is 10.2 Å². The Bertz CT molecular complexity index is 1090. The van der Waals surface area contributed by atoms with Gasteiger partial charge in [-0.1, -0.05) is 0 Å². The molecule has 0 saturated heterocycles. The van der Waals surface area contributed by atoms with Crippen LogP contribution < -0.4 is 26.4 Å². The Balaban J connectivity index is 0.000000150. The molecule has 0 bridgehead atoms. The van der Waals surface area contributed by atoms with Crippen molar-refractivity contribution < 1.29 is 14.6 Å². The molecule has 0 radical (unpaired) electrons. The molecule has 0 amide bonds. The van der Waals surface area contributed by atoms with Gasteiger partial charge in [0.25, 0.3) is 11.4 Å². The van der Waals surface area contributed by atoms with E-state index in [-0.39, 0.29) is 17.1 Å². The first-order chi connectivity index (χ1) is 16.0. The number of nitro groups is 2. The molecule has 0 atom stereocenters. The van der Waals surface area contributed by atoms with Gasteiger partial charge in [0.2, 0.25) is 0 Å². The van der Waals surface area contributed by atoms with E-state index in [0.717, 1.165) is 24.5 Å². The lowest BCUT2D eigenvalue weighted by atomic mass is 10.2. The van der Waals surface area contributed by atoms with Crippen LogP contribution in [0, 0.1) is 20.2 Å². The number of anilines is 4. The standard InChI is InChI=1S/C8H9N3O3.C8H9N3O2.C3H3N3/c9-5-3-8-6(10-1-2-14-8)4-7(5)11(12)13;12-11(13)6-1-2-7-8(5-6)10-4-3-9-7;1-2-4-6-5-3-1/h3-4,10H,1-2,9H2;1-2,5,9-10H,3-4H2;1-3H. The van der Waals surface area contributed by atoms with Gasteiger partial charge < -0.3 is 26.4 Å². The maximum Gasteiger partial charge on any atom is 0.294 e. The second kappa shape index (κ2) is 11.0. The average Bonchev–Trinajstić information content (AvgIpc) is 2.85. The van der Waals surface area contributed by atoms with Crippen LogP contribution in [0.5, 0.6) is 5.75 Å². The van der Waals surface area contributed by atoms with E-state index in [1.807, 2.05) is 0 Å². The Morgan fingerprint density at radius 1 is 0.879 bits per heavy atom. The van der Waals surface area contributed by atoms with Crippen molar-refractivity contribution in [1.29, 1.82) is 0 Å². The molecular formula is C19H21N9O5. The minimum Gasteiger partial charge on any atom is -0.489 e. The summed E-state index contributed by atoms with van der Waals surface area (Å²) in [5.41, 5.74) is 8.00. The molecule has 3 aromatic rings. The lowest BCUT2D eigenvalue weighted by Gasteiger charge is -2.18. The average molecular weight is 455 g/mol. The Labute approximate surface area is 187 Å². The first-order valence-electron chi connectivity index (χ1n) is 9.75. The van der Waals surface area contributed by atoms with Crippen molar-refractivity contribution in [2.75, 3.05) is 47.9 Å². The van der Waals surface area contributed by atoms with E-state index in [0.29, 0.717) is 24.6 Å². The van der Waals surface area contributed by atoms with Crippen LogP contribution in [0.1, 0.15) is 0 Å². The molecule has 2 aliphatic heterocycles. The highest BCUT2D eigenvalue weighted by molar-refractivity contribution is 5.74. The number of nitrogens with one attached hydrogen (secondary N) is 3. The maximum atomic E-state index is 10.6. The Morgan fingerprint density at radius 3 is 2.18 bits per heavy atom. The summed E-state index contributed by atoms with van der Waals surface area (Å²) in [7, 11) is 0. The quantitative estimate of drug-likeness (QED) is 0.250. The molecule has 0 spiro atoms. The monoisotopic (exact) mass is 455 g/mol. The van der Waals surface area contributed by atoms with Crippen molar-refractivity contribution in [3.63, 3.8) is 0 Å². The van der Waals surface area contributed by atoms with Crippen LogP contribution in [0.4, 0.5) is 34.1 Å². The van der Waals surface area contributed by atoms with E-state index in [4.69, 9.17) is 10.5 Å². The zero-order chi connectivity index (χ0) is 23.6. The van der Waals surface area contributed by atoms with Gasteiger partial charge in [-0.05, 0) is 17.3 Å². The Hall–Kier alpha value is -4.75. The number of nitrogens with zero attached hydrogens (tertiary/aromatic N) is 5. The minimum atomic E-state index is -0.508. The van der Waals surface area contributed by atoms with Crippen LogP contribution >= 0.6 is 0 Å². The lowest BCUT2D eigenvalue weighted by molar-refractivity contribution is -0.384. The van der Waals surface area contributed by atoms with Gasteiger partial charge in [-0.3, -0.25) is 20.2 Å². The Kier molecular flexibility index (Phi) is 7.67. The molecule has 0 fully saturated rings. The van der Waals surface area contributed by atoms with E-state index in [1.165, 1.54) is 18.2 Å². The molecule has 14 heteroatoms. The zero-order valence-corrected chi connectivity index (χ0v) is 17.3. The van der Waals surface area contributed by atoms with Gasteiger partial charge in [0.05, 0.1) is 39.3 Å². The summed E-state index contributed by atoms with van der Waals surface area (Å²) in [6.07, 6.45) is 3.15. The molecule has 172 valence electrons. The van der Waals surface area contributed by atoms with E-state index in [1.54, 1.807) is 30.6 Å². The number of nitro benzene ring substituents is 2. The van der Waals surface area contributed by atoms with Crippen molar-refractivity contribution in [3.05, 3.63) is 69.0 Å². The van der Waals surface area contributed by atoms with E-state index in [9.17, 15) is 20.2 Å². The van der Waals surface area contributed by atoms with Crippen LogP contribution in [-0.4, -0.2) is 51.5 Å². The number of aromatic nitrogens is 3. The summed E-state index contributed by atoms with van der Waals surface area (Å²) >= 11 is 0. The fourth-order valence-corrected chi connectivity index (χ4v) is 2.89. The van der Waals surface area contributed by atoms with Crippen LogP contribution in [0.2, 0.25) is 0 Å². The van der Waals surface area contributed by atoms with Gasteiger partial charge in [0.15, 0.2) is 0 Å².